The van der Waals surface area contributed by atoms with Gasteiger partial charge >= 0.3 is 5.69 Å². The average Bonchev–Trinajstić information content (AvgIpc) is 2.78. The van der Waals surface area contributed by atoms with E-state index in [1.165, 1.54) is 10.8 Å². The first-order valence-electron chi connectivity index (χ1n) is 7.23. The molecule has 0 unspecified atom stereocenters. The second kappa shape index (κ2) is 6.13. The second-order valence-electron chi connectivity index (χ2n) is 5.60. The Hall–Kier alpha value is -1.44. The third-order valence-electron chi connectivity index (χ3n) is 3.99. The van der Waals surface area contributed by atoms with E-state index in [0.29, 0.717) is 12.0 Å². The van der Waals surface area contributed by atoms with Gasteiger partial charge in [-0.05, 0) is 19.8 Å². The zero-order valence-corrected chi connectivity index (χ0v) is 12.3. The molecule has 0 amide bonds. The number of hydrogen-bond donors (Lipinski definition) is 3. The van der Waals surface area contributed by atoms with Crippen LogP contribution >= 0.6 is 0 Å². The van der Waals surface area contributed by atoms with E-state index in [1.807, 2.05) is 6.92 Å². The summed E-state index contributed by atoms with van der Waals surface area (Å²) < 4.78 is 7.16. The number of aliphatic hydroxyl groups excluding tert-OH is 2. The Kier molecular flexibility index (Phi) is 4.65. The number of H-pyrrole nitrogens is 1. The molecule has 3 N–H and O–H groups in total. The molecule has 1 aromatic heterocycles. The Labute approximate surface area is 122 Å². The van der Waals surface area contributed by atoms with Crippen molar-refractivity contribution in [3.05, 3.63) is 32.6 Å². The van der Waals surface area contributed by atoms with E-state index in [0.717, 1.165) is 12.8 Å². The van der Waals surface area contributed by atoms with Crippen LogP contribution in [0.2, 0.25) is 0 Å². The van der Waals surface area contributed by atoms with E-state index < -0.39 is 29.2 Å². The number of aromatic amines is 1. The summed E-state index contributed by atoms with van der Waals surface area (Å²) in [6.45, 7) is 3.31. The summed E-state index contributed by atoms with van der Waals surface area (Å²) in [7, 11) is 0. The zero-order chi connectivity index (χ0) is 15.6. The SMILES string of the molecule is CCCC[C@]1(n2cc(C)c(=O)[nH]c2=O)C[C@H](O)[C@@H](CO)O1. The summed E-state index contributed by atoms with van der Waals surface area (Å²) in [6, 6.07) is 0. The van der Waals surface area contributed by atoms with Crippen LogP contribution in [0.25, 0.3) is 0 Å². The Morgan fingerprint density at radius 2 is 2.24 bits per heavy atom. The summed E-state index contributed by atoms with van der Waals surface area (Å²) in [4.78, 5) is 25.9. The number of nitrogens with zero attached hydrogens (tertiary/aromatic N) is 1. The van der Waals surface area contributed by atoms with Crippen molar-refractivity contribution in [2.45, 2.75) is 57.5 Å². The minimum absolute atomic E-state index is 0.212. The minimum Gasteiger partial charge on any atom is -0.394 e. The molecule has 0 radical (unpaired) electrons. The molecule has 0 saturated carbocycles. The quantitative estimate of drug-likeness (QED) is 0.700. The van der Waals surface area contributed by atoms with Gasteiger partial charge in [-0.1, -0.05) is 13.3 Å². The molecule has 1 aliphatic heterocycles. The normalized spacial score (nSPS) is 29.0. The number of aliphatic hydroxyl groups is 2. The van der Waals surface area contributed by atoms with Gasteiger partial charge in [-0.25, -0.2) is 4.79 Å². The Morgan fingerprint density at radius 3 is 2.81 bits per heavy atom. The molecule has 1 aromatic rings. The molecule has 21 heavy (non-hydrogen) atoms. The van der Waals surface area contributed by atoms with Crippen LogP contribution in [-0.2, 0) is 10.5 Å². The average molecular weight is 298 g/mol. The molecule has 118 valence electrons. The van der Waals surface area contributed by atoms with Crippen molar-refractivity contribution in [2.75, 3.05) is 6.61 Å². The highest BCUT2D eigenvalue weighted by Gasteiger charge is 2.47. The van der Waals surface area contributed by atoms with Gasteiger partial charge in [0.25, 0.3) is 5.56 Å². The Bertz CT molecular complexity index is 608. The maximum Gasteiger partial charge on any atom is 0.330 e. The van der Waals surface area contributed by atoms with Crippen molar-refractivity contribution >= 4 is 0 Å². The first kappa shape index (κ1) is 15.9. The smallest absolute Gasteiger partial charge is 0.330 e. The summed E-state index contributed by atoms with van der Waals surface area (Å²) in [6.07, 6.45) is 2.35. The number of ether oxygens (including phenoxy) is 1. The maximum absolute atomic E-state index is 12.1. The number of hydrogen-bond acceptors (Lipinski definition) is 5. The van der Waals surface area contributed by atoms with E-state index in [4.69, 9.17) is 4.74 Å². The summed E-state index contributed by atoms with van der Waals surface area (Å²) in [5, 5.41) is 19.3. The fourth-order valence-electron chi connectivity index (χ4n) is 2.78. The van der Waals surface area contributed by atoms with Crippen LogP contribution in [0, 0.1) is 6.92 Å². The van der Waals surface area contributed by atoms with Crippen molar-refractivity contribution in [1.29, 1.82) is 0 Å². The third-order valence-corrected chi connectivity index (χ3v) is 3.99. The molecule has 0 bridgehead atoms. The monoisotopic (exact) mass is 298 g/mol. The highest BCUT2D eigenvalue weighted by molar-refractivity contribution is 5.04. The van der Waals surface area contributed by atoms with Gasteiger partial charge in [0.2, 0.25) is 0 Å². The predicted molar refractivity (Wildman–Crippen MR) is 76.1 cm³/mol. The highest BCUT2D eigenvalue weighted by atomic mass is 16.6. The summed E-state index contributed by atoms with van der Waals surface area (Å²) in [5.74, 6) is 0. The number of aromatic nitrogens is 2. The summed E-state index contributed by atoms with van der Waals surface area (Å²) >= 11 is 0. The van der Waals surface area contributed by atoms with Crippen molar-refractivity contribution in [3.8, 4) is 0 Å². The fourth-order valence-corrected chi connectivity index (χ4v) is 2.78. The summed E-state index contributed by atoms with van der Waals surface area (Å²) in [5.41, 5.74) is -1.61. The van der Waals surface area contributed by atoms with E-state index >= 15 is 0 Å². The van der Waals surface area contributed by atoms with Crippen molar-refractivity contribution < 1.29 is 14.9 Å². The zero-order valence-electron chi connectivity index (χ0n) is 12.3. The maximum atomic E-state index is 12.1. The van der Waals surface area contributed by atoms with Crippen LogP contribution in [0.4, 0.5) is 0 Å². The number of aryl methyl sites for hydroxylation is 1. The molecular weight excluding hydrogens is 276 g/mol. The predicted octanol–water partition coefficient (Wildman–Crippen LogP) is -0.170. The molecule has 7 heteroatoms. The molecule has 2 heterocycles. The lowest BCUT2D eigenvalue weighted by Gasteiger charge is -2.31. The van der Waals surface area contributed by atoms with Crippen molar-refractivity contribution in [1.82, 2.24) is 9.55 Å². The van der Waals surface area contributed by atoms with Crippen LogP contribution in [0.1, 0.15) is 38.2 Å². The Balaban J connectivity index is 2.49. The van der Waals surface area contributed by atoms with E-state index in [2.05, 4.69) is 4.98 Å². The van der Waals surface area contributed by atoms with Gasteiger partial charge in [0.1, 0.15) is 6.10 Å². The van der Waals surface area contributed by atoms with E-state index in [9.17, 15) is 19.8 Å². The number of nitrogens with one attached hydrogen (secondary N) is 1. The first-order valence-corrected chi connectivity index (χ1v) is 7.23. The molecule has 1 fully saturated rings. The van der Waals surface area contributed by atoms with E-state index in [-0.39, 0.29) is 13.0 Å². The van der Waals surface area contributed by atoms with Crippen LogP contribution in [0.5, 0.6) is 0 Å². The van der Waals surface area contributed by atoms with Gasteiger partial charge in [0.15, 0.2) is 5.72 Å². The van der Waals surface area contributed by atoms with Crippen LogP contribution in [0.3, 0.4) is 0 Å². The van der Waals surface area contributed by atoms with Crippen LogP contribution < -0.4 is 11.2 Å². The fraction of sp³-hybridized carbons (Fsp3) is 0.714. The first-order chi connectivity index (χ1) is 9.93. The van der Waals surface area contributed by atoms with Crippen LogP contribution in [-0.4, -0.2) is 38.6 Å². The molecule has 0 aromatic carbocycles. The van der Waals surface area contributed by atoms with Gasteiger partial charge < -0.3 is 14.9 Å². The van der Waals surface area contributed by atoms with Gasteiger partial charge in [-0.3, -0.25) is 14.3 Å². The molecule has 0 aliphatic carbocycles. The van der Waals surface area contributed by atoms with Crippen molar-refractivity contribution in [2.24, 2.45) is 0 Å². The molecule has 1 aliphatic rings. The lowest BCUT2D eigenvalue weighted by atomic mass is 10.00. The highest BCUT2D eigenvalue weighted by Crippen LogP contribution is 2.38. The number of unbranched alkanes of at least 4 members (excludes halogenated alkanes) is 1. The standard InChI is InChI=1S/C14H22N2O5/c1-3-4-5-14(6-10(18)11(8-17)21-14)16-7-9(2)12(19)15-13(16)20/h7,10-11,17-18H,3-6,8H2,1-2H3,(H,15,19,20)/t10-,11+,14+/m0/s1. The van der Waals surface area contributed by atoms with Gasteiger partial charge in [-0.15, -0.1) is 0 Å². The molecule has 7 nitrogen and oxygen atoms in total. The molecular formula is C14H22N2O5. The third kappa shape index (κ3) is 2.95. The van der Waals surface area contributed by atoms with Gasteiger partial charge in [0, 0.05) is 18.2 Å². The molecule has 0 spiro atoms. The van der Waals surface area contributed by atoms with E-state index in [1.54, 1.807) is 6.92 Å². The van der Waals surface area contributed by atoms with Gasteiger partial charge in [-0.2, -0.15) is 0 Å². The molecule has 1 saturated heterocycles. The van der Waals surface area contributed by atoms with Crippen molar-refractivity contribution in [3.63, 3.8) is 0 Å². The lowest BCUT2D eigenvalue weighted by molar-refractivity contribution is -0.124. The topological polar surface area (TPSA) is 105 Å². The Morgan fingerprint density at radius 1 is 1.52 bits per heavy atom. The molecule has 3 atom stereocenters. The molecule has 2 rings (SSSR count). The number of rotatable bonds is 5. The lowest BCUT2D eigenvalue weighted by Crippen LogP contribution is -2.45. The largest absolute Gasteiger partial charge is 0.394 e. The second-order valence-corrected chi connectivity index (χ2v) is 5.60. The minimum atomic E-state index is -1.02. The van der Waals surface area contributed by atoms with Crippen LogP contribution in [0.15, 0.2) is 15.8 Å². The van der Waals surface area contributed by atoms with Gasteiger partial charge in [0.05, 0.1) is 12.7 Å².